The molecule has 4 rings (SSSR count). The smallest absolute Gasteiger partial charge is 0.262 e. The minimum Gasteiger partial charge on any atom is -0.483 e. The molecule has 0 spiro atoms. The highest BCUT2D eigenvalue weighted by Crippen LogP contribution is 2.23. The van der Waals surface area contributed by atoms with Gasteiger partial charge >= 0.3 is 0 Å². The Labute approximate surface area is 185 Å². The maximum absolute atomic E-state index is 12.2. The zero-order chi connectivity index (χ0) is 21.6. The van der Waals surface area contributed by atoms with Crippen molar-refractivity contribution in [3.63, 3.8) is 0 Å². The standard InChI is InChI=1S/C24H23ClN4O2/c1-16-6-9-19(10-7-16)27-24(30)15-31-22-11-8-18(25)12-17(22)13-26-14-23-28-20-4-2-3-5-21(20)29-23/h2-12,26H,13-15H2,1H3,(H,27,30)(H,28,29). The van der Waals surface area contributed by atoms with E-state index in [1.54, 1.807) is 12.1 Å². The van der Waals surface area contributed by atoms with Crippen molar-refractivity contribution in [1.82, 2.24) is 15.3 Å². The van der Waals surface area contributed by atoms with E-state index in [0.29, 0.717) is 23.9 Å². The number of amides is 1. The van der Waals surface area contributed by atoms with Gasteiger partial charge in [-0.1, -0.05) is 41.4 Å². The number of aromatic amines is 1. The zero-order valence-corrected chi connectivity index (χ0v) is 17.9. The molecule has 1 amide bonds. The van der Waals surface area contributed by atoms with Crippen molar-refractivity contribution in [2.24, 2.45) is 0 Å². The lowest BCUT2D eigenvalue weighted by atomic mass is 10.2. The zero-order valence-electron chi connectivity index (χ0n) is 17.1. The summed E-state index contributed by atoms with van der Waals surface area (Å²) in [7, 11) is 0. The molecule has 158 valence electrons. The largest absolute Gasteiger partial charge is 0.483 e. The predicted molar refractivity (Wildman–Crippen MR) is 123 cm³/mol. The van der Waals surface area contributed by atoms with E-state index >= 15 is 0 Å². The minimum atomic E-state index is -0.222. The number of nitrogens with zero attached hydrogens (tertiary/aromatic N) is 1. The second-order valence-electron chi connectivity index (χ2n) is 7.26. The monoisotopic (exact) mass is 434 g/mol. The summed E-state index contributed by atoms with van der Waals surface area (Å²) in [4.78, 5) is 20.1. The van der Waals surface area contributed by atoms with Crippen LogP contribution in [0.5, 0.6) is 5.75 Å². The SMILES string of the molecule is Cc1ccc(NC(=O)COc2ccc(Cl)cc2CNCc2nc3ccccc3[nH]2)cc1. The summed E-state index contributed by atoms with van der Waals surface area (Å²) >= 11 is 6.17. The fourth-order valence-corrected chi connectivity index (χ4v) is 3.40. The fourth-order valence-electron chi connectivity index (χ4n) is 3.21. The highest BCUT2D eigenvalue weighted by atomic mass is 35.5. The van der Waals surface area contributed by atoms with Crippen LogP contribution in [0.4, 0.5) is 5.69 Å². The number of hydrogen-bond donors (Lipinski definition) is 3. The van der Waals surface area contributed by atoms with Gasteiger partial charge in [0.15, 0.2) is 6.61 Å². The Hall–Kier alpha value is -3.35. The average Bonchev–Trinajstić information content (AvgIpc) is 3.17. The first-order valence-corrected chi connectivity index (χ1v) is 10.4. The summed E-state index contributed by atoms with van der Waals surface area (Å²) in [5.74, 6) is 1.24. The van der Waals surface area contributed by atoms with Gasteiger partial charge in [0.05, 0.1) is 17.6 Å². The third-order valence-corrected chi connectivity index (χ3v) is 5.00. The van der Waals surface area contributed by atoms with Gasteiger partial charge < -0.3 is 20.4 Å². The van der Waals surface area contributed by atoms with Crippen LogP contribution in [-0.4, -0.2) is 22.5 Å². The van der Waals surface area contributed by atoms with Gasteiger partial charge in [-0.15, -0.1) is 0 Å². The first-order chi connectivity index (χ1) is 15.1. The number of fused-ring (bicyclic) bond motifs is 1. The predicted octanol–water partition coefficient (Wildman–Crippen LogP) is 4.83. The molecule has 1 heterocycles. The van der Waals surface area contributed by atoms with Crippen LogP contribution >= 0.6 is 11.6 Å². The van der Waals surface area contributed by atoms with E-state index in [1.165, 1.54) is 0 Å². The van der Waals surface area contributed by atoms with E-state index in [4.69, 9.17) is 16.3 Å². The van der Waals surface area contributed by atoms with Gasteiger partial charge in [-0.05, 0) is 49.4 Å². The van der Waals surface area contributed by atoms with E-state index in [2.05, 4.69) is 20.6 Å². The maximum Gasteiger partial charge on any atom is 0.262 e. The van der Waals surface area contributed by atoms with Gasteiger partial charge in [0.1, 0.15) is 11.6 Å². The van der Waals surface area contributed by atoms with E-state index in [0.717, 1.165) is 33.7 Å². The van der Waals surface area contributed by atoms with Crippen LogP contribution in [-0.2, 0) is 17.9 Å². The van der Waals surface area contributed by atoms with Crippen LogP contribution in [0.1, 0.15) is 17.0 Å². The molecule has 6 nitrogen and oxygen atoms in total. The Morgan fingerprint density at radius 1 is 1.06 bits per heavy atom. The number of ether oxygens (including phenoxy) is 1. The summed E-state index contributed by atoms with van der Waals surface area (Å²) in [6, 6.07) is 20.9. The third kappa shape index (κ3) is 5.63. The number of rotatable bonds is 8. The molecule has 3 N–H and O–H groups in total. The molecule has 4 aromatic rings. The van der Waals surface area contributed by atoms with E-state index in [9.17, 15) is 4.79 Å². The lowest BCUT2D eigenvalue weighted by Crippen LogP contribution is -2.21. The summed E-state index contributed by atoms with van der Waals surface area (Å²) in [5, 5.41) is 6.78. The number of carbonyl (C=O) groups is 1. The van der Waals surface area contributed by atoms with E-state index < -0.39 is 0 Å². The van der Waals surface area contributed by atoms with Crippen molar-refractivity contribution in [2.75, 3.05) is 11.9 Å². The Kier molecular flexibility index (Phi) is 6.50. The van der Waals surface area contributed by atoms with Crippen molar-refractivity contribution in [1.29, 1.82) is 0 Å². The Morgan fingerprint density at radius 2 is 1.87 bits per heavy atom. The van der Waals surface area contributed by atoms with Crippen LogP contribution < -0.4 is 15.4 Å². The number of anilines is 1. The molecule has 0 atom stereocenters. The van der Waals surface area contributed by atoms with E-state index in [-0.39, 0.29) is 12.5 Å². The normalized spacial score (nSPS) is 10.9. The third-order valence-electron chi connectivity index (χ3n) is 4.76. The number of benzene rings is 3. The van der Waals surface area contributed by atoms with Crippen molar-refractivity contribution in [3.8, 4) is 5.75 Å². The highest BCUT2D eigenvalue weighted by molar-refractivity contribution is 6.30. The van der Waals surface area contributed by atoms with Gasteiger partial charge in [-0.2, -0.15) is 0 Å². The van der Waals surface area contributed by atoms with Crippen molar-refractivity contribution in [3.05, 3.63) is 88.7 Å². The van der Waals surface area contributed by atoms with Crippen molar-refractivity contribution in [2.45, 2.75) is 20.0 Å². The summed E-state index contributed by atoms with van der Waals surface area (Å²) < 4.78 is 5.77. The first kappa shape index (κ1) is 20.9. The van der Waals surface area contributed by atoms with Crippen LogP contribution in [0, 0.1) is 6.92 Å². The van der Waals surface area contributed by atoms with Crippen LogP contribution in [0.3, 0.4) is 0 Å². The number of H-pyrrole nitrogens is 1. The number of hydrogen-bond acceptors (Lipinski definition) is 4. The molecular weight excluding hydrogens is 412 g/mol. The summed E-state index contributed by atoms with van der Waals surface area (Å²) in [5.41, 5.74) is 4.68. The maximum atomic E-state index is 12.2. The molecule has 31 heavy (non-hydrogen) atoms. The molecular formula is C24H23ClN4O2. The average molecular weight is 435 g/mol. The number of imidazole rings is 1. The molecule has 1 aromatic heterocycles. The molecule has 7 heteroatoms. The molecule has 0 bridgehead atoms. The van der Waals surface area contributed by atoms with E-state index in [1.807, 2.05) is 61.5 Å². The summed E-state index contributed by atoms with van der Waals surface area (Å²) in [6.45, 7) is 2.99. The minimum absolute atomic E-state index is 0.0912. The molecule has 0 saturated heterocycles. The lowest BCUT2D eigenvalue weighted by molar-refractivity contribution is -0.118. The van der Waals surface area contributed by atoms with Gasteiger partial charge in [0.25, 0.3) is 5.91 Å². The van der Waals surface area contributed by atoms with Crippen LogP contribution in [0.2, 0.25) is 5.02 Å². The number of nitrogens with one attached hydrogen (secondary N) is 3. The second-order valence-corrected chi connectivity index (χ2v) is 7.70. The molecule has 3 aromatic carbocycles. The summed E-state index contributed by atoms with van der Waals surface area (Å²) in [6.07, 6.45) is 0. The number of aromatic nitrogens is 2. The Balaban J connectivity index is 1.34. The van der Waals surface area contributed by atoms with Gasteiger partial charge in [0.2, 0.25) is 0 Å². The number of halogens is 1. The van der Waals surface area contributed by atoms with Crippen LogP contribution in [0.15, 0.2) is 66.7 Å². The molecule has 0 aliphatic rings. The molecule has 0 unspecified atom stereocenters. The lowest BCUT2D eigenvalue weighted by Gasteiger charge is -2.13. The van der Waals surface area contributed by atoms with Gasteiger partial charge in [-0.25, -0.2) is 4.98 Å². The topological polar surface area (TPSA) is 79.0 Å². The fraction of sp³-hybridized carbons (Fsp3) is 0.167. The van der Waals surface area contributed by atoms with Crippen LogP contribution in [0.25, 0.3) is 11.0 Å². The van der Waals surface area contributed by atoms with Crippen molar-refractivity contribution < 1.29 is 9.53 Å². The Morgan fingerprint density at radius 3 is 2.68 bits per heavy atom. The second kappa shape index (κ2) is 9.64. The Bertz CT molecular complexity index is 1150. The molecule has 0 saturated carbocycles. The number of aryl methyl sites for hydroxylation is 1. The number of para-hydroxylation sites is 2. The molecule has 0 aliphatic heterocycles. The quantitative estimate of drug-likeness (QED) is 0.371. The molecule has 0 aliphatic carbocycles. The highest BCUT2D eigenvalue weighted by Gasteiger charge is 2.09. The number of carbonyl (C=O) groups excluding carboxylic acids is 1. The van der Waals surface area contributed by atoms with Gasteiger partial charge in [-0.3, -0.25) is 4.79 Å². The van der Waals surface area contributed by atoms with Gasteiger partial charge in [0, 0.05) is 22.8 Å². The van der Waals surface area contributed by atoms with Crippen molar-refractivity contribution >= 4 is 34.2 Å². The first-order valence-electron chi connectivity index (χ1n) is 9.99. The molecule has 0 radical (unpaired) electrons. The molecule has 0 fully saturated rings.